The van der Waals surface area contributed by atoms with Gasteiger partial charge in [-0.15, -0.1) is 0 Å². The van der Waals surface area contributed by atoms with Crippen LogP contribution >= 0.6 is 11.6 Å². The predicted molar refractivity (Wildman–Crippen MR) is 73.4 cm³/mol. The second kappa shape index (κ2) is 5.90. The lowest BCUT2D eigenvalue weighted by molar-refractivity contribution is 0.0664. The highest BCUT2D eigenvalue weighted by molar-refractivity contribution is 7.72. The maximum Gasteiger partial charge on any atom is 0.253 e. The summed E-state index contributed by atoms with van der Waals surface area (Å²) in [6, 6.07) is 4.35. The molecule has 1 aromatic rings. The molecule has 0 aliphatic carbocycles. The smallest absolute Gasteiger partial charge is 0.253 e. The van der Waals surface area contributed by atoms with E-state index < -0.39 is 10.7 Å². The van der Waals surface area contributed by atoms with E-state index in [1.54, 1.807) is 11.0 Å². The minimum Gasteiger partial charge on any atom is -0.336 e. The SMILES string of the molecule is CN1CCN(C(=O)c2ccc(Cl)c([SH](=O)=O)c2)CC1. The third kappa shape index (κ3) is 3.26. The van der Waals surface area contributed by atoms with Crippen LogP contribution < -0.4 is 0 Å². The molecule has 7 heteroatoms. The number of halogens is 1. The van der Waals surface area contributed by atoms with Crippen molar-refractivity contribution in [1.82, 2.24) is 9.80 Å². The fraction of sp³-hybridized carbons (Fsp3) is 0.417. The van der Waals surface area contributed by atoms with Crippen molar-refractivity contribution in [1.29, 1.82) is 0 Å². The molecule has 1 aromatic carbocycles. The maximum absolute atomic E-state index is 12.3. The highest BCUT2D eigenvalue weighted by Gasteiger charge is 2.21. The van der Waals surface area contributed by atoms with Crippen LogP contribution in [0.15, 0.2) is 23.1 Å². The van der Waals surface area contributed by atoms with Crippen LogP contribution in [0.3, 0.4) is 0 Å². The molecule has 5 nitrogen and oxygen atoms in total. The molecule has 1 fully saturated rings. The second-order valence-electron chi connectivity index (χ2n) is 4.52. The summed E-state index contributed by atoms with van der Waals surface area (Å²) in [6.45, 7) is 2.94. The van der Waals surface area contributed by atoms with Gasteiger partial charge in [0.15, 0.2) is 10.7 Å². The summed E-state index contributed by atoms with van der Waals surface area (Å²) in [7, 11) is -0.789. The third-order valence-corrected chi connectivity index (χ3v) is 4.41. The molecular weight excluding hydrogens is 288 g/mol. The monoisotopic (exact) mass is 302 g/mol. The number of carbonyl (C=O) groups excluding carboxylic acids is 1. The van der Waals surface area contributed by atoms with Gasteiger partial charge in [-0.3, -0.25) is 4.79 Å². The van der Waals surface area contributed by atoms with E-state index in [0.29, 0.717) is 18.7 Å². The van der Waals surface area contributed by atoms with Crippen LogP contribution in [0.2, 0.25) is 5.02 Å². The molecule has 0 bridgehead atoms. The Morgan fingerprint density at radius 1 is 1.21 bits per heavy atom. The van der Waals surface area contributed by atoms with Crippen molar-refractivity contribution in [2.75, 3.05) is 33.2 Å². The van der Waals surface area contributed by atoms with Gasteiger partial charge in [0.25, 0.3) is 5.91 Å². The maximum atomic E-state index is 12.3. The molecule has 1 aliphatic rings. The first-order valence-electron chi connectivity index (χ1n) is 5.91. The molecule has 1 amide bonds. The van der Waals surface area contributed by atoms with Crippen LogP contribution in [-0.4, -0.2) is 57.4 Å². The molecule has 0 N–H and O–H groups in total. The number of benzene rings is 1. The molecule has 0 unspecified atom stereocenters. The van der Waals surface area contributed by atoms with Crippen LogP contribution in [0.25, 0.3) is 0 Å². The van der Waals surface area contributed by atoms with Gasteiger partial charge in [0.05, 0.1) is 9.92 Å². The second-order valence-corrected chi connectivity index (χ2v) is 5.92. The van der Waals surface area contributed by atoms with Gasteiger partial charge in [0.2, 0.25) is 0 Å². The Hall–Kier alpha value is -1.11. The Bertz CT molecular complexity index is 558. The van der Waals surface area contributed by atoms with E-state index in [4.69, 9.17) is 11.6 Å². The summed E-state index contributed by atoms with van der Waals surface area (Å²) in [6.07, 6.45) is 0. The van der Waals surface area contributed by atoms with Crippen molar-refractivity contribution >= 4 is 28.2 Å². The van der Waals surface area contributed by atoms with Gasteiger partial charge in [-0.05, 0) is 25.2 Å². The Morgan fingerprint density at radius 2 is 1.84 bits per heavy atom. The van der Waals surface area contributed by atoms with Gasteiger partial charge in [-0.25, -0.2) is 8.42 Å². The van der Waals surface area contributed by atoms with E-state index in [0.717, 1.165) is 13.1 Å². The van der Waals surface area contributed by atoms with E-state index >= 15 is 0 Å². The number of likely N-dealkylation sites (N-methyl/N-ethyl adjacent to an activating group) is 1. The van der Waals surface area contributed by atoms with E-state index in [2.05, 4.69) is 4.90 Å². The number of piperazine rings is 1. The predicted octanol–water partition coefficient (Wildman–Crippen LogP) is 0.698. The average molecular weight is 303 g/mol. The molecule has 0 saturated carbocycles. The lowest BCUT2D eigenvalue weighted by Gasteiger charge is -2.32. The summed E-state index contributed by atoms with van der Waals surface area (Å²) in [4.78, 5) is 16.1. The standard InChI is InChI=1S/C12H15ClN2O3S/c1-14-4-6-15(7-5-14)12(16)9-2-3-10(13)11(8-9)19(17)18/h2-3,8,19H,4-7H2,1H3. The number of rotatable bonds is 2. The largest absolute Gasteiger partial charge is 0.336 e. The first-order valence-corrected chi connectivity index (χ1v) is 7.46. The quantitative estimate of drug-likeness (QED) is 0.817. The number of carbonyl (C=O) groups is 1. The number of amides is 1. The number of nitrogens with zero attached hydrogens (tertiary/aromatic N) is 2. The fourth-order valence-electron chi connectivity index (χ4n) is 1.98. The van der Waals surface area contributed by atoms with E-state index in [-0.39, 0.29) is 15.8 Å². The van der Waals surface area contributed by atoms with Gasteiger partial charge in [-0.1, -0.05) is 11.6 Å². The van der Waals surface area contributed by atoms with E-state index in [1.807, 2.05) is 7.05 Å². The van der Waals surface area contributed by atoms with Crippen molar-refractivity contribution in [2.24, 2.45) is 0 Å². The molecule has 0 aromatic heterocycles. The molecule has 1 aliphatic heterocycles. The van der Waals surface area contributed by atoms with Crippen LogP contribution in [0.1, 0.15) is 10.4 Å². The van der Waals surface area contributed by atoms with Crippen molar-refractivity contribution in [2.45, 2.75) is 4.90 Å². The van der Waals surface area contributed by atoms with Crippen molar-refractivity contribution in [3.63, 3.8) is 0 Å². The van der Waals surface area contributed by atoms with Gasteiger partial charge < -0.3 is 9.80 Å². The van der Waals surface area contributed by atoms with E-state index in [9.17, 15) is 13.2 Å². The molecule has 2 rings (SSSR count). The highest BCUT2D eigenvalue weighted by Crippen LogP contribution is 2.20. The zero-order valence-corrected chi connectivity index (χ0v) is 12.2. The molecule has 0 radical (unpaired) electrons. The number of hydrogen-bond donors (Lipinski definition) is 1. The minimum atomic E-state index is -2.79. The Morgan fingerprint density at radius 3 is 2.42 bits per heavy atom. The first-order chi connectivity index (χ1) is 8.99. The molecule has 19 heavy (non-hydrogen) atoms. The number of thiol groups is 1. The summed E-state index contributed by atoms with van der Waals surface area (Å²) in [5.41, 5.74) is 0.364. The lowest BCUT2D eigenvalue weighted by Crippen LogP contribution is -2.47. The van der Waals surface area contributed by atoms with Crippen LogP contribution in [0, 0.1) is 0 Å². The average Bonchev–Trinajstić information content (AvgIpc) is 2.39. The molecule has 1 heterocycles. The zero-order valence-electron chi connectivity index (χ0n) is 10.5. The fourth-order valence-corrected chi connectivity index (χ4v) is 2.80. The van der Waals surface area contributed by atoms with Crippen molar-refractivity contribution in [3.05, 3.63) is 28.8 Å². The van der Waals surface area contributed by atoms with Gasteiger partial charge in [-0.2, -0.15) is 0 Å². The number of hydrogen-bond acceptors (Lipinski definition) is 4. The third-order valence-electron chi connectivity index (χ3n) is 3.18. The van der Waals surface area contributed by atoms with Gasteiger partial charge in [0, 0.05) is 31.7 Å². The molecule has 104 valence electrons. The Kier molecular flexibility index (Phi) is 4.44. The Balaban J connectivity index is 2.22. The summed E-state index contributed by atoms with van der Waals surface area (Å²) >= 11 is 5.79. The molecular formula is C12H15ClN2O3S. The lowest BCUT2D eigenvalue weighted by atomic mass is 10.2. The minimum absolute atomic E-state index is 0.00311. The molecule has 0 spiro atoms. The van der Waals surface area contributed by atoms with Crippen LogP contribution in [0.5, 0.6) is 0 Å². The van der Waals surface area contributed by atoms with E-state index in [1.165, 1.54) is 12.1 Å². The molecule has 1 saturated heterocycles. The topological polar surface area (TPSA) is 57.7 Å². The zero-order chi connectivity index (χ0) is 14.0. The molecule has 0 atom stereocenters. The summed E-state index contributed by atoms with van der Waals surface area (Å²) < 4.78 is 22.1. The van der Waals surface area contributed by atoms with Crippen LogP contribution in [0.4, 0.5) is 0 Å². The first kappa shape index (κ1) is 14.3. The summed E-state index contributed by atoms with van der Waals surface area (Å²) in [5, 5.41) is 0.144. The normalized spacial score (nSPS) is 16.9. The summed E-state index contributed by atoms with van der Waals surface area (Å²) in [5.74, 6) is -0.150. The van der Waals surface area contributed by atoms with Crippen molar-refractivity contribution in [3.8, 4) is 0 Å². The highest BCUT2D eigenvalue weighted by atomic mass is 35.5. The Labute approximate surface area is 118 Å². The van der Waals surface area contributed by atoms with Gasteiger partial charge in [0.1, 0.15) is 0 Å². The van der Waals surface area contributed by atoms with Crippen molar-refractivity contribution < 1.29 is 13.2 Å². The van der Waals surface area contributed by atoms with Gasteiger partial charge >= 0.3 is 0 Å². The van der Waals surface area contributed by atoms with Crippen LogP contribution in [-0.2, 0) is 10.7 Å².